The average molecular weight is 259 g/mol. The molecule has 1 amide bonds. The van der Waals surface area contributed by atoms with Gasteiger partial charge in [-0.25, -0.2) is 9.78 Å². The SMILES string of the molecule is CCOC(=O)[C@@H]1CCC(=O)N1c1cc(C#N)ccn1. The third-order valence-corrected chi connectivity index (χ3v) is 2.89. The minimum Gasteiger partial charge on any atom is -0.464 e. The summed E-state index contributed by atoms with van der Waals surface area (Å²) in [4.78, 5) is 29.1. The molecule has 1 aromatic rings. The van der Waals surface area contributed by atoms with E-state index in [0.29, 0.717) is 17.8 Å². The molecule has 0 radical (unpaired) electrons. The van der Waals surface area contributed by atoms with Crippen LogP contribution in [0.25, 0.3) is 0 Å². The lowest BCUT2D eigenvalue weighted by Gasteiger charge is -2.22. The molecular formula is C13H13N3O3. The van der Waals surface area contributed by atoms with Gasteiger partial charge in [0.2, 0.25) is 5.91 Å². The molecule has 6 heteroatoms. The smallest absolute Gasteiger partial charge is 0.329 e. The van der Waals surface area contributed by atoms with Crippen LogP contribution in [-0.4, -0.2) is 29.5 Å². The molecule has 0 spiro atoms. The molecule has 1 atom stereocenters. The van der Waals surface area contributed by atoms with Crippen LogP contribution in [0.15, 0.2) is 18.3 Å². The van der Waals surface area contributed by atoms with Crippen molar-refractivity contribution in [3.05, 3.63) is 23.9 Å². The van der Waals surface area contributed by atoms with Gasteiger partial charge in [-0.2, -0.15) is 5.26 Å². The summed E-state index contributed by atoms with van der Waals surface area (Å²) in [5, 5.41) is 8.86. The Morgan fingerprint density at radius 1 is 1.68 bits per heavy atom. The van der Waals surface area contributed by atoms with E-state index in [0.717, 1.165) is 0 Å². The summed E-state index contributed by atoms with van der Waals surface area (Å²) in [6.45, 7) is 1.98. The molecule has 1 saturated heterocycles. The Labute approximate surface area is 110 Å². The van der Waals surface area contributed by atoms with Gasteiger partial charge in [-0.05, 0) is 25.5 Å². The van der Waals surface area contributed by atoms with Gasteiger partial charge in [-0.3, -0.25) is 9.69 Å². The number of esters is 1. The number of carbonyl (C=O) groups is 2. The Morgan fingerprint density at radius 2 is 2.47 bits per heavy atom. The molecule has 1 fully saturated rings. The number of anilines is 1. The number of nitriles is 1. The maximum absolute atomic E-state index is 11.9. The zero-order valence-corrected chi connectivity index (χ0v) is 10.5. The highest BCUT2D eigenvalue weighted by molar-refractivity contribution is 6.01. The van der Waals surface area contributed by atoms with Crippen molar-refractivity contribution in [1.29, 1.82) is 5.26 Å². The maximum atomic E-state index is 11.9. The fourth-order valence-electron chi connectivity index (χ4n) is 2.05. The lowest BCUT2D eigenvalue weighted by Crippen LogP contribution is -2.40. The van der Waals surface area contributed by atoms with E-state index in [2.05, 4.69) is 4.98 Å². The number of carbonyl (C=O) groups excluding carboxylic acids is 2. The summed E-state index contributed by atoms with van der Waals surface area (Å²) in [7, 11) is 0. The zero-order valence-electron chi connectivity index (χ0n) is 10.5. The zero-order chi connectivity index (χ0) is 13.8. The van der Waals surface area contributed by atoms with Crippen molar-refractivity contribution < 1.29 is 14.3 Å². The predicted molar refractivity (Wildman–Crippen MR) is 66.1 cm³/mol. The summed E-state index contributed by atoms with van der Waals surface area (Å²) < 4.78 is 4.96. The molecule has 0 bridgehead atoms. The molecular weight excluding hydrogens is 246 g/mol. The summed E-state index contributed by atoms with van der Waals surface area (Å²) in [5.74, 6) is -0.294. The van der Waals surface area contributed by atoms with Crippen LogP contribution in [0, 0.1) is 11.3 Å². The standard InChI is InChI=1S/C13H13N3O3/c1-2-19-13(18)10-3-4-12(17)16(10)11-7-9(8-14)5-6-15-11/h5-7,10H,2-4H2,1H3/t10-/m0/s1. The largest absolute Gasteiger partial charge is 0.464 e. The first-order valence-electron chi connectivity index (χ1n) is 6.02. The van der Waals surface area contributed by atoms with Crippen LogP contribution in [0.3, 0.4) is 0 Å². The van der Waals surface area contributed by atoms with Crippen molar-refractivity contribution in [2.75, 3.05) is 11.5 Å². The Bertz CT molecular complexity index is 550. The number of pyridine rings is 1. The highest BCUT2D eigenvalue weighted by Gasteiger charge is 2.38. The van der Waals surface area contributed by atoms with Gasteiger partial charge in [0.15, 0.2) is 0 Å². The first kappa shape index (κ1) is 13.0. The number of hydrogen-bond acceptors (Lipinski definition) is 5. The lowest BCUT2D eigenvalue weighted by atomic mass is 10.2. The Hall–Kier alpha value is -2.42. The van der Waals surface area contributed by atoms with Crippen molar-refractivity contribution in [1.82, 2.24) is 4.98 Å². The molecule has 0 N–H and O–H groups in total. The van der Waals surface area contributed by atoms with E-state index in [1.807, 2.05) is 6.07 Å². The molecule has 1 aliphatic heterocycles. The van der Waals surface area contributed by atoms with E-state index in [9.17, 15) is 9.59 Å². The number of ether oxygens (including phenoxy) is 1. The van der Waals surface area contributed by atoms with Gasteiger partial charge in [0.25, 0.3) is 0 Å². The van der Waals surface area contributed by atoms with Gasteiger partial charge in [0.05, 0.1) is 18.2 Å². The maximum Gasteiger partial charge on any atom is 0.329 e. The highest BCUT2D eigenvalue weighted by atomic mass is 16.5. The number of aromatic nitrogens is 1. The summed E-state index contributed by atoms with van der Waals surface area (Å²) in [5.41, 5.74) is 0.396. The second kappa shape index (κ2) is 5.48. The van der Waals surface area contributed by atoms with Crippen molar-refractivity contribution in [2.45, 2.75) is 25.8 Å². The van der Waals surface area contributed by atoms with E-state index in [1.165, 1.54) is 17.2 Å². The van der Waals surface area contributed by atoms with Crippen molar-refractivity contribution >= 4 is 17.7 Å². The molecule has 6 nitrogen and oxygen atoms in total. The Balaban J connectivity index is 2.31. The van der Waals surface area contributed by atoms with Gasteiger partial charge >= 0.3 is 5.97 Å². The lowest BCUT2D eigenvalue weighted by molar-refractivity contribution is -0.144. The monoisotopic (exact) mass is 259 g/mol. The fourth-order valence-corrected chi connectivity index (χ4v) is 2.05. The van der Waals surface area contributed by atoms with Crippen LogP contribution in [0.4, 0.5) is 5.82 Å². The van der Waals surface area contributed by atoms with Crippen molar-refractivity contribution in [3.63, 3.8) is 0 Å². The molecule has 1 aliphatic rings. The fraction of sp³-hybridized carbons (Fsp3) is 0.385. The number of rotatable bonds is 3. The van der Waals surface area contributed by atoms with Gasteiger partial charge < -0.3 is 4.74 Å². The van der Waals surface area contributed by atoms with Crippen LogP contribution in [-0.2, 0) is 14.3 Å². The molecule has 1 aromatic heterocycles. The molecule has 98 valence electrons. The van der Waals surface area contributed by atoms with E-state index in [4.69, 9.17) is 10.00 Å². The summed E-state index contributed by atoms with van der Waals surface area (Å²) in [6.07, 6.45) is 2.14. The Morgan fingerprint density at radius 3 is 3.16 bits per heavy atom. The second-order valence-corrected chi connectivity index (χ2v) is 4.08. The number of nitrogens with zero attached hydrogens (tertiary/aromatic N) is 3. The first-order chi connectivity index (χ1) is 9.17. The van der Waals surface area contributed by atoms with Gasteiger partial charge in [-0.1, -0.05) is 0 Å². The van der Waals surface area contributed by atoms with Crippen molar-refractivity contribution in [3.8, 4) is 6.07 Å². The molecule has 19 heavy (non-hydrogen) atoms. The van der Waals surface area contributed by atoms with Gasteiger partial charge in [0.1, 0.15) is 11.9 Å². The van der Waals surface area contributed by atoms with Crippen LogP contribution >= 0.6 is 0 Å². The average Bonchev–Trinajstić information content (AvgIpc) is 2.81. The van der Waals surface area contributed by atoms with Crippen LogP contribution in [0.2, 0.25) is 0 Å². The molecule has 0 aliphatic carbocycles. The van der Waals surface area contributed by atoms with Crippen LogP contribution in [0.5, 0.6) is 0 Å². The number of amides is 1. The van der Waals surface area contributed by atoms with E-state index >= 15 is 0 Å². The van der Waals surface area contributed by atoms with Crippen molar-refractivity contribution in [2.24, 2.45) is 0 Å². The summed E-state index contributed by atoms with van der Waals surface area (Å²) in [6, 6.07) is 4.38. The minimum absolute atomic E-state index is 0.180. The first-order valence-corrected chi connectivity index (χ1v) is 6.02. The number of hydrogen-bond donors (Lipinski definition) is 0. The molecule has 0 saturated carbocycles. The van der Waals surface area contributed by atoms with E-state index < -0.39 is 12.0 Å². The third-order valence-electron chi connectivity index (χ3n) is 2.89. The Kier molecular flexibility index (Phi) is 3.76. The van der Waals surface area contributed by atoms with E-state index in [-0.39, 0.29) is 18.9 Å². The van der Waals surface area contributed by atoms with E-state index in [1.54, 1.807) is 13.0 Å². The molecule has 0 aromatic carbocycles. The topological polar surface area (TPSA) is 83.3 Å². The normalized spacial score (nSPS) is 18.2. The quantitative estimate of drug-likeness (QED) is 0.756. The van der Waals surface area contributed by atoms with Crippen LogP contribution in [0.1, 0.15) is 25.3 Å². The van der Waals surface area contributed by atoms with Gasteiger partial charge in [0, 0.05) is 12.6 Å². The highest BCUT2D eigenvalue weighted by Crippen LogP contribution is 2.26. The van der Waals surface area contributed by atoms with Gasteiger partial charge in [-0.15, -0.1) is 0 Å². The predicted octanol–water partition coefficient (Wildman–Crippen LogP) is 1.01. The minimum atomic E-state index is -0.645. The van der Waals surface area contributed by atoms with Crippen LogP contribution < -0.4 is 4.90 Å². The molecule has 2 rings (SSSR count). The second-order valence-electron chi connectivity index (χ2n) is 4.08. The third kappa shape index (κ3) is 2.55. The molecule has 0 unspecified atom stereocenters. The molecule has 2 heterocycles. The summed E-state index contributed by atoms with van der Waals surface area (Å²) >= 11 is 0.